The number of aromatic nitrogens is 2. The third-order valence-corrected chi connectivity index (χ3v) is 6.27. The summed E-state index contributed by atoms with van der Waals surface area (Å²) in [5.41, 5.74) is 4.78. The number of aromatic amines is 1. The van der Waals surface area contributed by atoms with Crippen LogP contribution in [0.2, 0.25) is 0 Å². The van der Waals surface area contributed by atoms with Crippen molar-refractivity contribution in [2.45, 2.75) is 57.5 Å². The van der Waals surface area contributed by atoms with Crippen molar-refractivity contribution < 1.29 is 0 Å². The van der Waals surface area contributed by atoms with Gasteiger partial charge < -0.3 is 0 Å². The zero-order chi connectivity index (χ0) is 13.3. The summed E-state index contributed by atoms with van der Waals surface area (Å²) in [7, 11) is 0. The molecule has 3 aliphatic rings. The van der Waals surface area contributed by atoms with Crippen molar-refractivity contribution in [2.75, 3.05) is 13.1 Å². The van der Waals surface area contributed by atoms with Crippen LogP contribution in [0.5, 0.6) is 0 Å². The van der Waals surface area contributed by atoms with E-state index in [1.165, 1.54) is 36.2 Å². The van der Waals surface area contributed by atoms with Gasteiger partial charge in [0.2, 0.25) is 0 Å². The van der Waals surface area contributed by atoms with E-state index in [4.69, 9.17) is 5.10 Å². The molecule has 4 heteroatoms. The first-order valence-corrected chi connectivity index (χ1v) is 7.61. The van der Waals surface area contributed by atoms with E-state index in [9.17, 15) is 0 Å². The molecular formula is C15H24N4. The highest BCUT2D eigenvalue weighted by Crippen LogP contribution is 2.67. The first-order valence-electron chi connectivity index (χ1n) is 7.61. The fraction of sp³-hybridized carbons (Fsp3) is 0.800. The minimum absolute atomic E-state index is 0.260. The number of nitrogens with zero attached hydrogens (tertiary/aromatic N) is 1. The van der Waals surface area contributed by atoms with Crippen LogP contribution in [0.3, 0.4) is 0 Å². The monoisotopic (exact) mass is 260 g/mol. The zero-order valence-electron chi connectivity index (χ0n) is 12.1. The Morgan fingerprint density at radius 2 is 1.89 bits per heavy atom. The van der Waals surface area contributed by atoms with Gasteiger partial charge in [0, 0.05) is 11.0 Å². The predicted octanol–water partition coefficient (Wildman–Crippen LogP) is 2.17. The summed E-state index contributed by atoms with van der Waals surface area (Å²) in [6, 6.07) is 0. The largest absolute Gasteiger partial charge is 0.297 e. The van der Waals surface area contributed by atoms with Crippen molar-refractivity contribution >= 4 is 0 Å². The van der Waals surface area contributed by atoms with Crippen molar-refractivity contribution in [2.24, 2.45) is 5.41 Å². The third-order valence-electron chi connectivity index (χ3n) is 6.27. The van der Waals surface area contributed by atoms with Gasteiger partial charge in [-0.25, -0.2) is 0 Å². The molecule has 1 aromatic heterocycles. The first kappa shape index (κ1) is 11.9. The highest BCUT2D eigenvalue weighted by atomic mass is 15.2. The topological polar surface area (TPSA) is 52.7 Å². The Balaban J connectivity index is 1.80. The summed E-state index contributed by atoms with van der Waals surface area (Å²) in [5.74, 6) is 0.673. The van der Waals surface area contributed by atoms with Gasteiger partial charge in [0.25, 0.3) is 0 Å². The van der Waals surface area contributed by atoms with E-state index >= 15 is 0 Å². The Hall–Kier alpha value is -0.870. The SMILES string of the molecule is CC12CCC(c3c1n[nH]c3C1NCCCN1)C2(C)C. The maximum atomic E-state index is 4.72. The van der Waals surface area contributed by atoms with E-state index in [0.29, 0.717) is 11.3 Å². The van der Waals surface area contributed by atoms with Gasteiger partial charge in [0.05, 0.1) is 11.4 Å². The predicted molar refractivity (Wildman–Crippen MR) is 75.1 cm³/mol. The molecule has 2 fully saturated rings. The second kappa shape index (κ2) is 3.61. The summed E-state index contributed by atoms with van der Waals surface area (Å²) in [6.45, 7) is 9.45. The van der Waals surface area contributed by atoms with Crippen LogP contribution in [0.25, 0.3) is 0 Å². The molecule has 1 aromatic rings. The van der Waals surface area contributed by atoms with E-state index in [0.717, 1.165) is 13.1 Å². The van der Waals surface area contributed by atoms with E-state index in [1.54, 1.807) is 0 Å². The average molecular weight is 260 g/mol. The lowest BCUT2D eigenvalue weighted by Gasteiger charge is -2.34. The number of H-pyrrole nitrogens is 1. The lowest BCUT2D eigenvalue weighted by atomic mass is 9.70. The minimum atomic E-state index is 0.260. The third kappa shape index (κ3) is 1.29. The second-order valence-corrected chi connectivity index (χ2v) is 7.24. The number of rotatable bonds is 1. The quantitative estimate of drug-likeness (QED) is 0.725. The van der Waals surface area contributed by atoms with Crippen molar-refractivity contribution in [3.05, 3.63) is 17.0 Å². The maximum Gasteiger partial charge on any atom is 0.101 e. The van der Waals surface area contributed by atoms with Crippen LogP contribution in [0.15, 0.2) is 0 Å². The molecule has 2 heterocycles. The molecule has 2 unspecified atom stereocenters. The maximum absolute atomic E-state index is 4.72. The molecule has 1 saturated carbocycles. The standard InChI is InChI=1S/C15H24N4/c1-14(2)9-5-6-15(14,3)12-10(9)11(18-19-12)13-16-7-4-8-17-13/h9,13,16-17H,4-8H2,1-3H3,(H,18,19). The van der Waals surface area contributed by atoms with Gasteiger partial charge in [-0.3, -0.25) is 15.7 Å². The molecule has 104 valence electrons. The summed E-state index contributed by atoms with van der Waals surface area (Å²) >= 11 is 0. The normalized spacial score (nSPS) is 36.7. The Bertz CT molecular complexity index is 512. The van der Waals surface area contributed by atoms with Crippen LogP contribution in [0.1, 0.15) is 69.1 Å². The molecule has 2 atom stereocenters. The molecule has 4 nitrogen and oxygen atoms in total. The molecule has 1 saturated heterocycles. The van der Waals surface area contributed by atoms with Crippen molar-refractivity contribution in [1.29, 1.82) is 0 Å². The Kier molecular flexibility index (Phi) is 2.26. The minimum Gasteiger partial charge on any atom is -0.297 e. The van der Waals surface area contributed by atoms with E-state index in [1.807, 2.05) is 0 Å². The van der Waals surface area contributed by atoms with Gasteiger partial charge >= 0.3 is 0 Å². The summed E-state index contributed by atoms with van der Waals surface area (Å²) in [5, 5.41) is 15.2. The van der Waals surface area contributed by atoms with Crippen molar-refractivity contribution in [3.8, 4) is 0 Å². The highest BCUT2D eigenvalue weighted by molar-refractivity contribution is 5.48. The summed E-state index contributed by atoms with van der Waals surface area (Å²) in [6.07, 6.45) is 4.08. The molecular weight excluding hydrogens is 236 g/mol. The van der Waals surface area contributed by atoms with Crippen molar-refractivity contribution in [3.63, 3.8) is 0 Å². The van der Waals surface area contributed by atoms with Gasteiger partial charge in [-0.05, 0) is 43.7 Å². The lowest BCUT2D eigenvalue weighted by Crippen LogP contribution is -2.42. The molecule has 1 aliphatic heterocycles. The fourth-order valence-corrected chi connectivity index (χ4v) is 4.64. The number of hydrogen-bond donors (Lipinski definition) is 3. The molecule has 3 N–H and O–H groups in total. The van der Waals surface area contributed by atoms with E-state index < -0.39 is 0 Å². The Morgan fingerprint density at radius 1 is 1.16 bits per heavy atom. The van der Waals surface area contributed by atoms with Gasteiger partial charge in [-0.1, -0.05) is 20.8 Å². The van der Waals surface area contributed by atoms with E-state index in [2.05, 4.69) is 36.5 Å². The second-order valence-electron chi connectivity index (χ2n) is 7.24. The molecule has 0 amide bonds. The van der Waals surface area contributed by atoms with Crippen LogP contribution < -0.4 is 10.6 Å². The zero-order valence-corrected chi connectivity index (χ0v) is 12.1. The Labute approximate surface area is 114 Å². The van der Waals surface area contributed by atoms with Gasteiger partial charge in [0.1, 0.15) is 6.17 Å². The molecule has 19 heavy (non-hydrogen) atoms. The number of hydrogen-bond acceptors (Lipinski definition) is 3. The fourth-order valence-electron chi connectivity index (χ4n) is 4.64. The average Bonchev–Trinajstić information content (AvgIpc) is 2.98. The highest BCUT2D eigenvalue weighted by Gasteiger charge is 2.62. The summed E-state index contributed by atoms with van der Waals surface area (Å²) < 4.78 is 0. The molecule has 0 aromatic carbocycles. The van der Waals surface area contributed by atoms with Crippen LogP contribution in [-0.4, -0.2) is 23.3 Å². The van der Waals surface area contributed by atoms with Gasteiger partial charge in [-0.2, -0.15) is 5.10 Å². The van der Waals surface area contributed by atoms with E-state index in [-0.39, 0.29) is 11.6 Å². The molecule has 2 bridgehead atoms. The summed E-state index contributed by atoms with van der Waals surface area (Å²) in [4.78, 5) is 0. The van der Waals surface area contributed by atoms with Crippen LogP contribution >= 0.6 is 0 Å². The number of fused-ring (bicyclic) bond motifs is 5. The van der Waals surface area contributed by atoms with Crippen molar-refractivity contribution in [1.82, 2.24) is 20.8 Å². The van der Waals surface area contributed by atoms with Crippen LogP contribution in [0.4, 0.5) is 0 Å². The van der Waals surface area contributed by atoms with Crippen LogP contribution in [0, 0.1) is 5.41 Å². The van der Waals surface area contributed by atoms with Crippen LogP contribution in [-0.2, 0) is 5.41 Å². The first-order chi connectivity index (χ1) is 9.06. The van der Waals surface area contributed by atoms with Gasteiger partial charge in [-0.15, -0.1) is 0 Å². The molecule has 2 aliphatic carbocycles. The van der Waals surface area contributed by atoms with Gasteiger partial charge in [0.15, 0.2) is 0 Å². The Morgan fingerprint density at radius 3 is 2.63 bits per heavy atom. The lowest BCUT2D eigenvalue weighted by molar-refractivity contribution is 0.224. The molecule has 0 spiro atoms. The number of nitrogens with one attached hydrogen (secondary N) is 3. The smallest absolute Gasteiger partial charge is 0.101 e. The molecule has 4 rings (SSSR count). The molecule has 0 radical (unpaired) electrons.